The lowest BCUT2D eigenvalue weighted by Crippen LogP contribution is -2.31. The first-order chi connectivity index (χ1) is 9.56. The molecule has 1 aliphatic rings. The van der Waals surface area contributed by atoms with Crippen LogP contribution in [0.5, 0.6) is 5.75 Å². The van der Waals surface area contributed by atoms with E-state index >= 15 is 0 Å². The van der Waals surface area contributed by atoms with E-state index in [0.717, 1.165) is 6.42 Å². The van der Waals surface area contributed by atoms with Gasteiger partial charge in [0, 0.05) is 12.3 Å². The SMILES string of the molecule is CC1CCOC1C(=O)Nc1ccc(OCC(N)=S)cc1. The van der Waals surface area contributed by atoms with E-state index in [1.54, 1.807) is 24.3 Å². The summed E-state index contributed by atoms with van der Waals surface area (Å²) < 4.78 is 10.8. The van der Waals surface area contributed by atoms with Gasteiger partial charge >= 0.3 is 0 Å². The monoisotopic (exact) mass is 294 g/mol. The Morgan fingerprint density at radius 1 is 1.50 bits per heavy atom. The van der Waals surface area contributed by atoms with Gasteiger partial charge in [0.2, 0.25) is 0 Å². The van der Waals surface area contributed by atoms with Crippen molar-refractivity contribution >= 4 is 28.8 Å². The van der Waals surface area contributed by atoms with Crippen LogP contribution in [0.25, 0.3) is 0 Å². The summed E-state index contributed by atoms with van der Waals surface area (Å²) in [5.74, 6) is 0.802. The third-order valence-corrected chi connectivity index (χ3v) is 3.27. The number of carbonyl (C=O) groups is 1. The van der Waals surface area contributed by atoms with Gasteiger partial charge < -0.3 is 20.5 Å². The van der Waals surface area contributed by atoms with Gasteiger partial charge in [-0.2, -0.15) is 0 Å². The van der Waals surface area contributed by atoms with Crippen LogP contribution in [0.1, 0.15) is 13.3 Å². The van der Waals surface area contributed by atoms with Crippen LogP contribution in [0.2, 0.25) is 0 Å². The van der Waals surface area contributed by atoms with Gasteiger partial charge in [-0.05, 0) is 36.6 Å². The molecule has 2 atom stereocenters. The molecule has 1 fully saturated rings. The summed E-state index contributed by atoms with van der Waals surface area (Å²) in [5, 5.41) is 2.84. The highest BCUT2D eigenvalue weighted by atomic mass is 32.1. The number of carbonyl (C=O) groups excluding carboxylic acids is 1. The van der Waals surface area contributed by atoms with Crippen LogP contribution >= 0.6 is 12.2 Å². The minimum Gasteiger partial charge on any atom is -0.487 e. The van der Waals surface area contributed by atoms with Crippen molar-refractivity contribution in [3.05, 3.63) is 24.3 Å². The predicted octanol–water partition coefficient (Wildman–Crippen LogP) is 1.71. The van der Waals surface area contributed by atoms with E-state index in [4.69, 9.17) is 27.4 Å². The highest BCUT2D eigenvalue weighted by molar-refractivity contribution is 7.80. The Balaban J connectivity index is 1.90. The molecule has 1 aliphatic heterocycles. The fraction of sp³-hybridized carbons (Fsp3) is 0.429. The fourth-order valence-corrected chi connectivity index (χ4v) is 2.09. The molecule has 2 rings (SSSR count). The maximum Gasteiger partial charge on any atom is 0.253 e. The van der Waals surface area contributed by atoms with Crippen LogP contribution in [0.3, 0.4) is 0 Å². The number of thiocarbonyl (C=S) groups is 1. The molecule has 1 aromatic rings. The number of nitrogens with two attached hydrogens (primary N) is 1. The standard InChI is InChI=1S/C14H18N2O3S/c1-9-6-7-18-13(9)14(17)16-10-2-4-11(5-3-10)19-8-12(15)20/h2-5,9,13H,6-8H2,1H3,(H2,15,20)(H,16,17). The number of nitrogens with one attached hydrogen (secondary N) is 1. The molecule has 5 nitrogen and oxygen atoms in total. The number of ether oxygens (including phenoxy) is 2. The molecule has 1 amide bonds. The molecule has 1 aromatic carbocycles. The molecule has 1 heterocycles. The first-order valence-corrected chi connectivity index (χ1v) is 6.90. The normalized spacial score (nSPS) is 21.4. The van der Waals surface area contributed by atoms with Crippen LogP contribution in [0.4, 0.5) is 5.69 Å². The molecule has 3 N–H and O–H groups in total. The van der Waals surface area contributed by atoms with Crippen molar-refractivity contribution < 1.29 is 14.3 Å². The van der Waals surface area contributed by atoms with Crippen molar-refractivity contribution in [2.45, 2.75) is 19.4 Å². The Morgan fingerprint density at radius 2 is 2.20 bits per heavy atom. The van der Waals surface area contributed by atoms with Crippen LogP contribution in [-0.4, -0.2) is 30.2 Å². The lowest BCUT2D eigenvalue weighted by Gasteiger charge is -2.14. The molecular formula is C14H18N2O3S. The summed E-state index contributed by atoms with van der Waals surface area (Å²) in [6.45, 7) is 2.86. The topological polar surface area (TPSA) is 73.6 Å². The molecule has 6 heteroatoms. The molecule has 0 bridgehead atoms. The van der Waals surface area contributed by atoms with E-state index in [0.29, 0.717) is 23.0 Å². The number of benzene rings is 1. The van der Waals surface area contributed by atoms with E-state index in [1.165, 1.54) is 0 Å². The third-order valence-electron chi connectivity index (χ3n) is 3.15. The van der Waals surface area contributed by atoms with E-state index in [1.807, 2.05) is 6.92 Å². The Morgan fingerprint density at radius 3 is 2.75 bits per heavy atom. The maximum atomic E-state index is 12.0. The van der Waals surface area contributed by atoms with Crippen molar-refractivity contribution in [1.82, 2.24) is 0 Å². The second kappa shape index (κ2) is 6.67. The van der Waals surface area contributed by atoms with Gasteiger partial charge in [-0.25, -0.2) is 0 Å². The summed E-state index contributed by atoms with van der Waals surface area (Å²) in [6.07, 6.45) is 0.560. The smallest absolute Gasteiger partial charge is 0.253 e. The van der Waals surface area contributed by atoms with E-state index in [2.05, 4.69) is 5.32 Å². The third kappa shape index (κ3) is 3.91. The van der Waals surface area contributed by atoms with Crippen molar-refractivity contribution in [3.8, 4) is 5.75 Å². The summed E-state index contributed by atoms with van der Waals surface area (Å²) in [4.78, 5) is 12.3. The second-order valence-electron chi connectivity index (χ2n) is 4.83. The van der Waals surface area contributed by atoms with Crippen molar-refractivity contribution in [3.63, 3.8) is 0 Å². The van der Waals surface area contributed by atoms with E-state index < -0.39 is 0 Å². The molecule has 20 heavy (non-hydrogen) atoms. The highest BCUT2D eigenvalue weighted by Crippen LogP contribution is 2.22. The minimum atomic E-state index is -0.361. The number of rotatable bonds is 5. The summed E-state index contributed by atoms with van der Waals surface area (Å²) >= 11 is 4.73. The highest BCUT2D eigenvalue weighted by Gasteiger charge is 2.30. The van der Waals surface area contributed by atoms with Crippen molar-refractivity contribution in [2.75, 3.05) is 18.5 Å². The average molecular weight is 294 g/mol. The zero-order valence-electron chi connectivity index (χ0n) is 11.3. The molecule has 0 radical (unpaired) electrons. The van der Waals surface area contributed by atoms with Crippen LogP contribution in [-0.2, 0) is 9.53 Å². The molecule has 0 saturated carbocycles. The number of amides is 1. The Kier molecular flexibility index (Phi) is 4.92. The molecule has 2 unspecified atom stereocenters. The first-order valence-electron chi connectivity index (χ1n) is 6.50. The lowest BCUT2D eigenvalue weighted by atomic mass is 10.0. The Bertz CT molecular complexity index is 490. The van der Waals surface area contributed by atoms with Gasteiger partial charge in [0.15, 0.2) is 0 Å². The lowest BCUT2D eigenvalue weighted by molar-refractivity contribution is -0.126. The first kappa shape index (κ1) is 14.7. The quantitative estimate of drug-likeness (QED) is 0.809. The minimum absolute atomic E-state index is 0.105. The number of hydrogen-bond acceptors (Lipinski definition) is 4. The van der Waals surface area contributed by atoms with Gasteiger partial charge in [-0.15, -0.1) is 0 Å². The maximum absolute atomic E-state index is 12.0. The van der Waals surface area contributed by atoms with Crippen LogP contribution in [0.15, 0.2) is 24.3 Å². The number of anilines is 1. The molecule has 0 spiro atoms. The van der Waals surface area contributed by atoms with Gasteiger partial charge in [0.1, 0.15) is 23.4 Å². The summed E-state index contributed by atoms with van der Waals surface area (Å²) in [5.41, 5.74) is 6.06. The molecule has 0 aromatic heterocycles. The zero-order valence-corrected chi connectivity index (χ0v) is 12.1. The van der Waals surface area contributed by atoms with Crippen molar-refractivity contribution in [1.29, 1.82) is 0 Å². The van der Waals surface area contributed by atoms with E-state index in [9.17, 15) is 4.79 Å². The van der Waals surface area contributed by atoms with Crippen molar-refractivity contribution in [2.24, 2.45) is 11.7 Å². The largest absolute Gasteiger partial charge is 0.487 e. The summed E-state index contributed by atoms with van der Waals surface area (Å²) in [7, 11) is 0. The number of hydrogen-bond donors (Lipinski definition) is 2. The zero-order chi connectivity index (χ0) is 14.5. The second-order valence-corrected chi connectivity index (χ2v) is 5.35. The average Bonchev–Trinajstić information content (AvgIpc) is 2.84. The van der Waals surface area contributed by atoms with Gasteiger partial charge in [-0.3, -0.25) is 4.79 Å². The molecule has 108 valence electrons. The van der Waals surface area contributed by atoms with Crippen LogP contribution in [0, 0.1) is 5.92 Å². The van der Waals surface area contributed by atoms with Gasteiger partial charge in [0.25, 0.3) is 5.91 Å². The predicted molar refractivity (Wildman–Crippen MR) is 80.9 cm³/mol. The summed E-state index contributed by atoms with van der Waals surface area (Å²) in [6, 6.07) is 7.05. The van der Waals surface area contributed by atoms with Crippen LogP contribution < -0.4 is 15.8 Å². The van der Waals surface area contributed by atoms with E-state index in [-0.39, 0.29) is 24.5 Å². The Hall–Kier alpha value is -1.66. The Labute approximate surface area is 123 Å². The van der Waals surface area contributed by atoms with Gasteiger partial charge in [0.05, 0.1) is 0 Å². The molecule has 0 aliphatic carbocycles. The molecule has 1 saturated heterocycles. The molecular weight excluding hydrogens is 276 g/mol. The van der Waals surface area contributed by atoms with Gasteiger partial charge in [-0.1, -0.05) is 19.1 Å². The fourth-order valence-electron chi connectivity index (χ4n) is 2.03.